The quantitative estimate of drug-likeness (QED) is 0.113. The van der Waals surface area contributed by atoms with Crippen LogP contribution in [-0.4, -0.2) is 71.0 Å². The summed E-state index contributed by atoms with van der Waals surface area (Å²) in [4.78, 5) is 29.3. The van der Waals surface area contributed by atoms with Crippen molar-refractivity contribution in [2.24, 2.45) is 7.05 Å². The number of sulfone groups is 1. The van der Waals surface area contributed by atoms with Gasteiger partial charge in [-0.25, -0.2) is 31.8 Å². The van der Waals surface area contributed by atoms with Crippen molar-refractivity contribution in [1.82, 2.24) is 29.3 Å². The summed E-state index contributed by atoms with van der Waals surface area (Å²) < 4.78 is 71.3. The number of aryl methyl sites for hydroxylation is 1. The molecule has 2 aromatic carbocycles. The van der Waals surface area contributed by atoms with Crippen molar-refractivity contribution in [3.63, 3.8) is 0 Å². The number of hydrogen-bond acceptors (Lipinski definition) is 11. The summed E-state index contributed by atoms with van der Waals surface area (Å²) in [5.74, 6) is 0.0595. The zero-order valence-electron chi connectivity index (χ0n) is 31.1. The van der Waals surface area contributed by atoms with Gasteiger partial charge in [-0.1, -0.05) is 12.1 Å². The average molecular weight is 773 g/mol. The van der Waals surface area contributed by atoms with Gasteiger partial charge in [-0.3, -0.25) is 4.79 Å². The molecule has 3 fully saturated rings. The number of hydrogen-bond donors (Lipinski definition) is 0. The van der Waals surface area contributed by atoms with Crippen LogP contribution in [0.2, 0.25) is 0 Å². The number of halogens is 2. The third kappa shape index (κ3) is 7.32. The third-order valence-electron chi connectivity index (χ3n) is 10.4. The van der Waals surface area contributed by atoms with Crippen LogP contribution in [0.3, 0.4) is 0 Å². The van der Waals surface area contributed by atoms with Gasteiger partial charge in [-0.2, -0.15) is 10.1 Å². The lowest BCUT2D eigenvalue weighted by Gasteiger charge is -2.28. The van der Waals surface area contributed by atoms with E-state index in [9.17, 15) is 13.2 Å². The molecule has 288 valence electrons. The van der Waals surface area contributed by atoms with Gasteiger partial charge < -0.3 is 23.8 Å². The second-order valence-electron chi connectivity index (χ2n) is 14.6. The minimum Gasteiger partial charge on any atom is -0.497 e. The van der Waals surface area contributed by atoms with Gasteiger partial charge in [0.1, 0.15) is 28.6 Å². The summed E-state index contributed by atoms with van der Waals surface area (Å²) in [6, 6.07) is 11.4. The van der Waals surface area contributed by atoms with Crippen molar-refractivity contribution < 1.29 is 31.5 Å². The van der Waals surface area contributed by atoms with E-state index in [-0.39, 0.29) is 23.9 Å². The molecular weight excluding hydrogens is 731 g/mol. The molecule has 1 unspecified atom stereocenters. The summed E-state index contributed by atoms with van der Waals surface area (Å²) in [5, 5.41) is 5.23. The SMILES string of the molecule is COc1ccc(CN(c2cc(C3CC3)n(C3CCCCO3)n2)c2nc(N(C)c3c(F)cc(S(C)(=O)=O)cc3F)nc(-c3cn(C)c(C=O)n3)c2C2CC2)cc1. The first kappa shape index (κ1) is 36.7. The first-order valence-electron chi connectivity index (χ1n) is 18.4. The van der Waals surface area contributed by atoms with E-state index in [1.807, 2.05) is 33.8 Å². The van der Waals surface area contributed by atoms with Gasteiger partial charge in [-0.15, -0.1) is 0 Å². The Morgan fingerprint density at radius 1 is 0.982 bits per heavy atom. The van der Waals surface area contributed by atoms with Crippen molar-refractivity contribution in [3.05, 3.63) is 82.9 Å². The summed E-state index contributed by atoms with van der Waals surface area (Å²) >= 11 is 0. The Labute approximate surface area is 317 Å². The number of carbonyl (C=O) groups excluding carboxylic acids is 1. The molecule has 0 amide bonds. The smallest absolute Gasteiger partial charge is 0.232 e. The van der Waals surface area contributed by atoms with Crippen molar-refractivity contribution in [2.75, 3.05) is 36.8 Å². The molecule has 0 spiro atoms. The molecule has 3 aromatic heterocycles. The molecule has 16 heteroatoms. The van der Waals surface area contributed by atoms with Crippen LogP contribution in [0.4, 0.5) is 32.1 Å². The highest BCUT2D eigenvalue weighted by molar-refractivity contribution is 7.90. The Hall–Kier alpha value is -5.22. The van der Waals surface area contributed by atoms with Crippen molar-refractivity contribution >= 4 is 39.4 Å². The van der Waals surface area contributed by atoms with Crippen molar-refractivity contribution in [3.8, 4) is 17.1 Å². The predicted molar refractivity (Wildman–Crippen MR) is 201 cm³/mol. The summed E-state index contributed by atoms with van der Waals surface area (Å²) in [5.41, 5.74) is 3.03. The van der Waals surface area contributed by atoms with Gasteiger partial charge in [0.25, 0.3) is 0 Å². The highest BCUT2D eigenvalue weighted by Gasteiger charge is 2.38. The van der Waals surface area contributed by atoms with E-state index in [1.54, 1.807) is 24.9 Å². The number of imidazole rings is 1. The molecule has 4 heterocycles. The van der Waals surface area contributed by atoms with Crippen LogP contribution in [0, 0.1) is 11.6 Å². The maximum Gasteiger partial charge on any atom is 0.232 e. The molecule has 0 bridgehead atoms. The third-order valence-corrected chi connectivity index (χ3v) is 11.5. The molecule has 1 atom stereocenters. The molecule has 2 saturated carbocycles. The Kier molecular flexibility index (Phi) is 9.65. The lowest BCUT2D eigenvalue weighted by molar-refractivity contribution is -0.0410. The molecule has 2 aliphatic carbocycles. The second kappa shape index (κ2) is 14.5. The maximum atomic E-state index is 15.8. The van der Waals surface area contributed by atoms with E-state index in [2.05, 4.69) is 11.1 Å². The Bertz CT molecular complexity index is 2340. The van der Waals surface area contributed by atoms with Gasteiger partial charge >= 0.3 is 0 Å². The van der Waals surface area contributed by atoms with E-state index in [1.165, 1.54) is 11.9 Å². The zero-order valence-corrected chi connectivity index (χ0v) is 31.9. The number of carbonyl (C=O) groups is 1. The number of ether oxygens (including phenoxy) is 2. The van der Waals surface area contributed by atoms with E-state index in [4.69, 9.17) is 24.5 Å². The van der Waals surface area contributed by atoms with Gasteiger partial charge in [0, 0.05) is 56.4 Å². The summed E-state index contributed by atoms with van der Waals surface area (Å²) in [7, 11) is 0.828. The first-order valence-corrected chi connectivity index (χ1v) is 20.3. The summed E-state index contributed by atoms with van der Waals surface area (Å²) in [6.45, 7) is 0.963. The Morgan fingerprint density at radius 2 is 1.69 bits per heavy atom. The fourth-order valence-electron chi connectivity index (χ4n) is 7.16. The van der Waals surface area contributed by atoms with Crippen LogP contribution in [0.1, 0.15) is 90.4 Å². The van der Waals surface area contributed by atoms with Crippen LogP contribution in [-0.2, 0) is 28.2 Å². The molecule has 8 rings (SSSR count). The van der Waals surface area contributed by atoms with E-state index < -0.39 is 32.1 Å². The largest absolute Gasteiger partial charge is 0.497 e. The average Bonchev–Trinajstić information content (AvgIpc) is 4.12. The zero-order chi connectivity index (χ0) is 38.6. The number of aromatic nitrogens is 6. The van der Waals surface area contributed by atoms with Gasteiger partial charge in [0.15, 0.2) is 45.6 Å². The highest BCUT2D eigenvalue weighted by atomic mass is 32.2. The fraction of sp³-hybridized carbons (Fsp3) is 0.410. The van der Waals surface area contributed by atoms with E-state index in [0.29, 0.717) is 54.1 Å². The van der Waals surface area contributed by atoms with Crippen LogP contribution in [0.25, 0.3) is 11.4 Å². The van der Waals surface area contributed by atoms with Crippen molar-refractivity contribution in [2.45, 2.75) is 74.4 Å². The molecule has 0 radical (unpaired) electrons. The maximum absolute atomic E-state index is 15.8. The lowest BCUT2D eigenvalue weighted by Crippen LogP contribution is -2.25. The number of aldehydes is 1. The number of anilines is 4. The number of benzene rings is 2. The molecular formula is C39H42F2N8O5S. The minimum absolute atomic E-state index is 0.0265. The van der Waals surface area contributed by atoms with Gasteiger partial charge in [0.2, 0.25) is 5.95 Å². The molecule has 1 aliphatic heterocycles. The number of rotatable bonds is 13. The minimum atomic E-state index is -3.91. The molecule has 3 aliphatic rings. The number of methoxy groups -OCH3 is 1. The Balaban J connectivity index is 1.36. The molecule has 0 N–H and O–H groups in total. The number of nitrogens with zero attached hydrogens (tertiary/aromatic N) is 8. The lowest BCUT2D eigenvalue weighted by atomic mass is 10.1. The normalized spacial score (nSPS) is 17.3. The topological polar surface area (TPSA) is 138 Å². The standard InChI is InChI=1S/C39H42F2N8O5S/c1-46-21-30(42-33(46)22-50)36-35(25-12-13-25)38(44-39(43-36)47(2)37-28(40)17-27(18-29(37)41)55(4,51)52)48(20-23-8-14-26(53-3)15-9-23)32-19-31(24-10-11-24)49(45-32)34-7-5-6-16-54-34/h8-9,14-15,17-19,21-22,24-25,34H,5-7,10-13,16,20H2,1-4H3. The van der Waals surface area contributed by atoms with Gasteiger partial charge in [0.05, 0.1) is 18.6 Å². The highest BCUT2D eigenvalue weighted by Crippen LogP contribution is 2.51. The van der Waals surface area contributed by atoms with Gasteiger partial charge in [-0.05, 0) is 80.7 Å². The molecule has 13 nitrogen and oxygen atoms in total. The second-order valence-corrected chi connectivity index (χ2v) is 16.6. The molecule has 1 saturated heterocycles. The van der Waals surface area contributed by atoms with E-state index >= 15 is 8.78 Å². The molecule has 55 heavy (non-hydrogen) atoms. The van der Waals surface area contributed by atoms with Crippen LogP contribution in [0.15, 0.2) is 53.6 Å². The van der Waals surface area contributed by atoms with Crippen LogP contribution >= 0.6 is 0 Å². The van der Waals surface area contributed by atoms with Crippen LogP contribution < -0.4 is 14.5 Å². The summed E-state index contributed by atoms with van der Waals surface area (Å²) in [6.07, 6.45) is 9.67. The fourth-order valence-corrected chi connectivity index (χ4v) is 7.80. The molecule has 5 aromatic rings. The first-order chi connectivity index (χ1) is 26.4. The van der Waals surface area contributed by atoms with E-state index in [0.717, 1.165) is 80.2 Å². The van der Waals surface area contributed by atoms with Crippen LogP contribution in [0.5, 0.6) is 5.75 Å². The Morgan fingerprint density at radius 3 is 2.27 bits per heavy atom. The van der Waals surface area contributed by atoms with Crippen molar-refractivity contribution in [1.29, 1.82) is 0 Å². The monoisotopic (exact) mass is 772 g/mol. The predicted octanol–water partition coefficient (Wildman–Crippen LogP) is 7.14.